The predicted molar refractivity (Wildman–Crippen MR) is 105 cm³/mol. The van der Waals surface area contributed by atoms with Crippen LogP contribution < -0.4 is 5.32 Å². The van der Waals surface area contributed by atoms with Crippen LogP contribution in [-0.4, -0.2) is 21.6 Å². The van der Waals surface area contributed by atoms with E-state index in [1.54, 1.807) is 0 Å². The maximum atomic E-state index is 12.2. The fourth-order valence-electron chi connectivity index (χ4n) is 2.99. The van der Waals surface area contributed by atoms with Gasteiger partial charge < -0.3 is 5.32 Å². The summed E-state index contributed by atoms with van der Waals surface area (Å²) in [6, 6.07) is 12.0. The Labute approximate surface area is 159 Å². The van der Waals surface area contributed by atoms with Crippen molar-refractivity contribution >= 4 is 44.4 Å². The van der Waals surface area contributed by atoms with E-state index >= 15 is 0 Å². The van der Waals surface area contributed by atoms with Gasteiger partial charge in [0.1, 0.15) is 11.1 Å². The van der Waals surface area contributed by atoms with E-state index in [4.69, 9.17) is 0 Å². The molecule has 1 aromatic carbocycles. The molecule has 5 nitrogen and oxygen atoms in total. The van der Waals surface area contributed by atoms with Gasteiger partial charge in [0.25, 0.3) is 0 Å². The fourth-order valence-corrected chi connectivity index (χ4v) is 4.79. The predicted octanol–water partition coefficient (Wildman–Crippen LogP) is 4.17. The number of rotatable bonds is 5. The molecule has 0 fully saturated rings. The lowest BCUT2D eigenvalue weighted by Crippen LogP contribution is -2.12. The maximum Gasteiger partial charge on any atom is 0.226 e. The topological polar surface area (TPSA) is 78.7 Å². The van der Waals surface area contributed by atoms with Crippen LogP contribution in [0.15, 0.2) is 35.4 Å². The highest BCUT2D eigenvalue weighted by Crippen LogP contribution is 2.29. The first-order valence-electron chi connectivity index (χ1n) is 8.44. The number of nitrogens with one attached hydrogen (secondary N) is 1. The van der Waals surface area contributed by atoms with Crippen molar-refractivity contribution < 1.29 is 4.79 Å². The van der Waals surface area contributed by atoms with E-state index in [0.717, 1.165) is 40.2 Å². The van der Waals surface area contributed by atoms with Crippen molar-refractivity contribution in [2.75, 3.05) is 11.1 Å². The summed E-state index contributed by atoms with van der Waals surface area (Å²) in [5, 5.41) is 13.5. The molecule has 0 spiro atoms. The van der Waals surface area contributed by atoms with Gasteiger partial charge in [0.05, 0.1) is 15.8 Å². The summed E-state index contributed by atoms with van der Waals surface area (Å²) in [5.74, 6) is 0.508. The monoisotopic (exact) mass is 380 g/mol. The number of carbonyl (C=O) groups excluding carboxylic acids is 1. The first-order chi connectivity index (χ1) is 12.7. The van der Waals surface area contributed by atoms with Crippen molar-refractivity contribution in [3.8, 4) is 6.07 Å². The largest absolute Gasteiger partial charge is 0.302 e. The smallest absolute Gasteiger partial charge is 0.226 e. The number of amides is 1. The van der Waals surface area contributed by atoms with Gasteiger partial charge >= 0.3 is 0 Å². The third-order valence-corrected chi connectivity index (χ3v) is 6.19. The average Bonchev–Trinajstić information content (AvgIpc) is 3.26. The van der Waals surface area contributed by atoms with E-state index in [2.05, 4.69) is 21.4 Å². The van der Waals surface area contributed by atoms with Gasteiger partial charge in [0.2, 0.25) is 5.91 Å². The number of nitriles is 1. The molecular weight excluding hydrogens is 364 g/mol. The van der Waals surface area contributed by atoms with Crippen molar-refractivity contribution in [3.63, 3.8) is 0 Å². The molecule has 1 N–H and O–H groups in total. The standard InChI is InChI=1S/C19H16N4OS2/c20-11-13-10-12-4-3-6-14(12)21-18(13)25-9-8-17(24)23-19-22-15-5-1-2-7-16(15)26-19/h1-2,5,7,10H,3-4,6,8-9H2,(H,22,23,24). The second-order valence-corrected chi connectivity index (χ2v) is 8.16. The molecule has 1 aliphatic rings. The number of carbonyl (C=O) groups is 1. The Bertz CT molecular complexity index is 989. The normalized spacial score (nSPS) is 12.7. The molecule has 0 unspecified atom stereocenters. The fraction of sp³-hybridized carbons (Fsp3) is 0.263. The lowest BCUT2D eigenvalue weighted by Gasteiger charge is -2.06. The van der Waals surface area contributed by atoms with Crippen LogP contribution in [0.1, 0.15) is 29.7 Å². The Morgan fingerprint density at radius 2 is 2.19 bits per heavy atom. The lowest BCUT2D eigenvalue weighted by molar-refractivity contribution is -0.115. The summed E-state index contributed by atoms with van der Waals surface area (Å²) in [7, 11) is 0. The molecular formula is C19H16N4OS2. The molecule has 2 aromatic heterocycles. The van der Waals surface area contributed by atoms with E-state index < -0.39 is 0 Å². The van der Waals surface area contributed by atoms with Gasteiger partial charge in [-0.2, -0.15) is 5.26 Å². The highest BCUT2D eigenvalue weighted by atomic mass is 32.2. The highest BCUT2D eigenvalue weighted by molar-refractivity contribution is 7.99. The van der Waals surface area contributed by atoms with Crippen LogP contribution in [0.25, 0.3) is 10.2 Å². The number of aryl methyl sites for hydroxylation is 2. The van der Waals surface area contributed by atoms with Gasteiger partial charge in [0.15, 0.2) is 5.13 Å². The Kier molecular flexibility index (Phi) is 4.87. The summed E-state index contributed by atoms with van der Waals surface area (Å²) < 4.78 is 1.05. The number of thioether (sulfide) groups is 1. The van der Waals surface area contributed by atoms with Crippen LogP contribution in [0, 0.1) is 11.3 Å². The molecule has 7 heteroatoms. The zero-order valence-corrected chi connectivity index (χ0v) is 15.6. The minimum atomic E-state index is -0.0729. The number of thiazole rings is 1. The van der Waals surface area contributed by atoms with E-state index in [0.29, 0.717) is 22.9 Å². The number of hydrogen-bond acceptors (Lipinski definition) is 6. The number of fused-ring (bicyclic) bond motifs is 2. The second-order valence-electron chi connectivity index (χ2n) is 6.05. The Morgan fingerprint density at radius 3 is 3.04 bits per heavy atom. The van der Waals surface area contributed by atoms with Gasteiger partial charge in [-0.05, 0) is 43.0 Å². The number of nitrogens with zero attached hydrogens (tertiary/aromatic N) is 3. The van der Waals surface area contributed by atoms with Crippen molar-refractivity contribution in [3.05, 3.63) is 47.2 Å². The lowest BCUT2D eigenvalue weighted by atomic mass is 10.2. The van der Waals surface area contributed by atoms with Crippen LogP contribution in [0.3, 0.4) is 0 Å². The van der Waals surface area contributed by atoms with E-state index in [1.165, 1.54) is 28.7 Å². The van der Waals surface area contributed by atoms with E-state index in [9.17, 15) is 10.1 Å². The SMILES string of the molecule is N#Cc1cc2c(nc1SCCC(=O)Nc1nc3ccccc3s1)CCC2. The average molecular weight is 380 g/mol. The first kappa shape index (κ1) is 17.0. The van der Waals surface area contributed by atoms with Crippen molar-refractivity contribution in [2.24, 2.45) is 0 Å². The highest BCUT2D eigenvalue weighted by Gasteiger charge is 2.17. The Morgan fingerprint density at radius 1 is 1.31 bits per heavy atom. The van der Waals surface area contributed by atoms with Gasteiger partial charge in [-0.3, -0.25) is 4.79 Å². The van der Waals surface area contributed by atoms with Crippen molar-refractivity contribution in [1.82, 2.24) is 9.97 Å². The van der Waals surface area contributed by atoms with Crippen molar-refractivity contribution in [2.45, 2.75) is 30.7 Å². The number of benzene rings is 1. The minimum absolute atomic E-state index is 0.0729. The molecule has 4 rings (SSSR count). The van der Waals surface area contributed by atoms with Gasteiger partial charge in [-0.15, -0.1) is 11.8 Å². The van der Waals surface area contributed by atoms with Crippen LogP contribution >= 0.6 is 23.1 Å². The second kappa shape index (κ2) is 7.44. The van der Waals surface area contributed by atoms with Gasteiger partial charge in [-0.25, -0.2) is 9.97 Å². The Balaban J connectivity index is 1.36. The zero-order chi connectivity index (χ0) is 17.9. The minimum Gasteiger partial charge on any atom is -0.302 e. The molecule has 0 saturated heterocycles. The number of pyridine rings is 1. The van der Waals surface area contributed by atoms with Crippen LogP contribution in [0.2, 0.25) is 0 Å². The number of para-hydroxylation sites is 1. The summed E-state index contributed by atoms with van der Waals surface area (Å²) in [6.45, 7) is 0. The molecule has 26 heavy (non-hydrogen) atoms. The molecule has 3 aromatic rings. The van der Waals surface area contributed by atoms with Gasteiger partial charge in [0, 0.05) is 17.9 Å². The maximum absolute atomic E-state index is 12.2. The summed E-state index contributed by atoms with van der Waals surface area (Å²) >= 11 is 2.94. The van der Waals surface area contributed by atoms with Crippen LogP contribution in [-0.2, 0) is 17.6 Å². The molecule has 1 amide bonds. The molecule has 2 heterocycles. The summed E-state index contributed by atoms with van der Waals surface area (Å²) in [4.78, 5) is 21.2. The zero-order valence-electron chi connectivity index (χ0n) is 14.0. The van der Waals surface area contributed by atoms with Gasteiger partial charge in [-0.1, -0.05) is 23.5 Å². The molecule has 130 valence electrons. The number of hydrogen-bond donors (Lipinski definition) is 1. The summed E-state index contributed by atoms with van der Waals surface area (Å²) in [6.07, 6.45) is 3.44. The summed E-state index contributed by atoms with van der Waals surface area (Å²) in [5.41, 5.74) is 3.80. The van der Waals surface area contributed by atoms with Crippen LogP contribution in [0.5, 0.6) is 0 Å². The van der Waals surface area contributed by atoms with E-state index in [-0.39, 0.29) is 5.91 Å². The molecule has 0 atom stereocenters. The number of anilines is 1. The molecule has 1 aliphatic carbocycles. The van der Waals surface area contributed by atoms with Crippen molar-refractivity contribution in [1.29, 1.82) is 5.26 Å². The Hall–Kier alpha value is -2.43. The third-order valence-electron chi connectivity index (χ3n) is 4.24. The first-order valence-corrected chi connectivity index (χ1v) is 10.2. The molecule has 0 saturated carbocycles. The molecule has 0 bridgehead atoms. The van der Waals surface area contributed by atoms with Crippen LogP contribution in [0.4, 0.5) is 5.13 Å². The van der Waals surface area contributed by atoms with E-state index in [1.807, 2.05) is 30.3 Å². The quantitative estimate of drug-likeness (QED) is 0.672. The molecule has 0 radical (unpaired) electrons. The third kappa shape index (κ3) is 3.57. The molecule has 0 aliphatic heterocycles. The number of aromatic nitrogens is 2.